The number of rotatable bonds is 6. The number of piperidine rings is 1. The predicted octanol–water partition coefficient (Wildman–Crippen LogP) is 2.55. The number of fused-ring (bicyclic) bond motifs is 1. The van der Waals surface area contributed by atoms with Crippen LogP contribution >= 0.6 is 0 Å². The molecule has 2 aliphatic heterocycles. The fraction of sp³-hybridized carbons (Fsp3) is 0.478. The number of likely N-dealkylation sites (tertiary alicyclic amines) is 1. The molecular formula is C23H29N5O3. The molecule has 1 N–H and O–H groups in total. The lowest BCUT2D eigenvalue weighted by molar-refractivity contribution is -0.136. The zero-order valence-electron chi connectivity index (χ0n) is 18.1. The van der Waals surface area contributed by atoms with Gasteiger partial charge in [0, 0.05) is 13.1 Å². The van der Waals surface area contributed by atoms with E-state index in [0.717, 1.165) is 16.6 Å². The van der Waals surface area contributed by atoms with Gasteiger partial charge in [-0.15, -0.1) is 0 Å². The predicted molar refractivity (Wildman–Crippen MR) is 117 cm³/mol. The number of amides is 4. The highest BCUT2D eigenvalue weighted by atomic mass is 16.2. The van der Waals surface area contributed by atoms with Crippen molar-refractivity contribution in [3.05, 3.63) is 42.7 Å². The summed E-state index contributed by atoms with van der Waals surface area (Å²) in [5, 5.41) is 2.97. The summed E-state index contributed by atoms with van der Waals surface area (Å²) >= 11 is 0. The van der Waals surface area contributed by atoms with Gasteiger partial charge in [0.15, 0.2) is 0 Å². The second kappa shape index (κ2) is 8.17. The van der Waals surface area contributed by atoms with E-state index in [1.54, 1.807) is 13.3 Å². The second-order valence-electron chi connectivity index (χ2n) is 8.62. The normalized spacial score (nSPS) is 22.3. The van der Waals surface area contributed by atoms with Gasteiger partial charge in [0.1, 0.15) is 12.1 Å². The van der Waals surface area contributed by atoms with Crippen LogP contribution in [0.4, 0.5) is 4.79 Å². The van der Waals surface area contributed by atoms with Crippen LogP contribution in [0.25, 0.3) is 11.0 Å². The minimum Gasteiger partial charge on any atom is -0.341 e. The molecule has 4 rings (SSSR count). The summed E-state index contributed by atoms with van der Waals surface area (Å²) in [4.78, 5) is 46.0. The van der Waals surface area contributed by atoms with Gasteiger partial charge in [-0.05, 0) is 44.2 Å². The molecular weight excluding hydrogens is 394 g/mol. The summed E-state index contributed by atoms with van der Waals surface area (Å²) in [6.07, 6.45) is 3.59. The highest BCUT2D eigenvalue weighted by Crippen LogP contribution is 2.36. The molecule has 2 saturated heterocycles. The van der Waals surface area contributed by atoms with Crippen molar-refractivity contribution in [2.75, 3.05) is 19.6 Å². The third-order valence-electron chi connectivity index (χ3n) is 6.57. The minimum absolute atomic E-state index is 0.00203. The molecule has 1 aromatic carbocycles. The second-order valence-corrected chi connectivity index (χ2v) is 8.62. The van der Waals surface area contributed by atoms with Crippen LogP contribution in [-0.4, -0.2) is 62.4 Å². The first kappa shape index (κ1) is 21.1. The highest BCUT2D eigenvalue weighted by molar-refractivity contribution is 6.07. The first-order chi connectivity index (χ1) is 14.9. The molecule has 3 heterocycles. The zero-order valence-corrected chi connectivity index (χ0v) is 18.1. The van der Waals surface area contributed by atoms with Gasteiger partial charge < -0.3 is 14.8 Å². The van der Waals surface area contributed by atoms with Crippen LogP contribution < -0.4 is 5.32 Å². The molecule has 4 amide bonds. The highest BCUT2D eigenvalue weighted by Gasteiger charge is 2.54. The average molecular weight is 424 g/mol. The Morgan fingerprint density at radius 3 is 2.61 bits per heavy atom. The van der Waals surface area contributed by atoms with E-state index in [4.69, 9.17) is 0 Å². The maximum absolute atomic E-state index is 13.2. The Morgan fingerprint density at radius 2 is 1.94 bits per heavy atom. The van der Waals surface area contributed by atoms with Crippen LogP contribution in [0, 0.1) is 5.92 Å². The quantitative estimate of drug-likeness (QED) is 0.571. The van der Waals surface area contributed by atoms with Gasteiger partial charge in [-0.3, -0.25) is 14.5 Å². The first-order valence-corrected chi connectivity index (χ1v) is 10.8. The molecule has 0 spiro atoms. The van der Waals surface area contributed by atoms with Crippen molar-refractivity contribution >= 4 is 28.9 Å². The zero-order chi connectivity index (χ0) is 22.2. The fourth-order valence-electron chi connectivity index (χ4n) is 4.87. The number of benzene rings is 1. The number of carbonyl (C=O) groups is 3. The van der Waals surface area contributed by atoms with Gasteiger partial charge in [-0.2, -0.15) is 0 Å². The number of para-hydroxylation sites is 2. The first-order valence-electron chi connectivity index (χ1n) is 10.8. The molecule has 1 unspecified atom stereocenters. The van der Waals surface area contributed by atoms with E-state index in [-0.39, 0.29) is 36.9 Å². The van der Waals surface area contributed by atoms with Gasteiger partial charge in [-0.1, -0.05) is 31.2 Å². The lowest BCUT2D eigenvalue weighted by Gasteiger charge is -2.40. The molecule has 0 saturated carbocycles. The summed E-state index contributed by atoms with van der Waals surface area (Å²) < 4.78 is 1.87. The van der Waals surface area contributed by atoms with E-state index >= 15 is 0 Å². The van der Waals surface area contributed by atoms with E-state index in [1.165, 1.54) is 4.90 Å². The summed E-state index contributed by atoms with van der Waals surface area (Å²) in [6.45, 7) is 9.19. The Morgan fingerprint density at radius 1 is 1.23 bits per heavy atom. The van der Waals surface area contributed by atoms with Gasteiger partial charge in [0.25, 0.3) is 5.91 Å². The molecule has 0 aliphatic carbocycles. The Labute approximate surface area is 181 Å². The number of urea groups is 1. The van der Waals surface area contributed by atoms with Crippen molar-refractivity contribution in [3.8, 4) is 0 Å². The van der Waals surface area contributed by atoms with Crippen molar-refractivity contribution in [2.24, 2.45) is 5.92 Å². The Kier molecular flexibility index (Phi) is 5.56. The molecule has 31 heavy (non-hydrogen) atoms. The monoisotopic (exact) mass is 423 g/mol. The van der Waals surface area contributed by atoms with Crippen molar-refractivity contribution in [1.29, 1.82) is 0 Å². The smallest absolute Gasteiger partial charge is 0.325 e. The summed E-state index contributed by atoms with van der Waals surface area (Å²) in [6, 6.07) is 7.40. The molecule has 2 fully saturated rings. The number of nitrogens with one attached hydrogen (secondary N) is 1. The van der Waals surface area contributed by atoms with Crippen LogP contribution in [0.2, 0.25) is 0 Å². The average Bonchev–Trinajstić information content (AvgIpc) is 3.28. The summed E-state index contributed by atoms with van der Waals surface area (Å²) in [5.74, 6) is -0.127. The number of nitrogens with zero attached hydrogens (tertiary/aromatic N) is 4. The topological polar surface area (TPSA) is 87.5 Å². The van der Waals surface area contributed by atoms with Crippen LogP contribution in [0.5, 0.6) is 0 Å². The van der Waals surface area contributed by atoms with Gasteiger partial charge in [0.2, 0.25) is 5.91 Å². The van der Waals surface area contributed by atoms with Gasteiger partial charge in [0.05, 0.1) is 23.9 Å². The number of carbonyl (C=O) groups excluding carboxylic acids is 3. The molecule has 164 valence electrons. The number of imidazole rings is 1. The molecule has 1 aromatic heterocycles. The number of hydrogen-bond donors (Lipinski definition) is 1. The van der Waals surface area contributed by atoms with Crippen LogP contribution in [0.15, 0.2) is 42.7 Å². The number of aromatic nitrogens is 2. The standard InChI is InChI=1S/C23H29N5O3/c1-4-23(21(30)28(13-16(2)3)22(31)25-23)17-9-11-26(12-10-17)20(29)14-27-15-24-18-7-5-6-8-19(18)27/h5-8,15,17H,2,4,9-14H2,1,3H3,(H,25,31). The molecule has 2 aliphatic rings. The Balaban J connectivity index is 1.41. The maximum Gasteiger partial charge on any atom is 0.325 e. The maximum atomic E-state index is 13.2. The van der Waals surface area contributed by atoms with Gasteiger partial charge >= 0.3 is 6.03 Å². The molecule has 1 atom stereocenters. The summed E-state index contributed by atoms with van der Waals surface area (Å²) in [7, 11) is 0. The molecule has 8 heteroatoms. The van der Waals surface area contributed by atoms with E-state index < -0.39 is 5.54 Å². The van der Waals surface area contributed by atoms with Crippen LogP contribution in [0.1, 0.15) is 33.1 Å². The molecule has 2 aromatic rings. The lowest BCUT2D eigenvalue weighted by atomic mass is 9.75. The third-order valence-corrected chi connectivity index (χ3v) is 6.57. The fourth-order valence-corrected chi connectivity index (χ4v) is 4.87. The van der Waals surface area contributed by atoms with Crippen molar-refractivity contribution in [2.45, 2.75) is 45.2 Å². The largest absolute Gasteiger partial charge is 0.341 e. The minimum atomic E-state index is -0.887. The van der Waals surface area contributed by atoms with E-state index in [1.807, 2.05) is 40.7 Å². The van der Waals surface area contributed by atoms with Gasteiger partial charge in [-0.25, -0.2) is 9.78 Å². The van der Waals surface area contributed by atoms with E-state index in [2.05, 4.69) is 16.9 Å². The third kappa shape index (κ3) is 3.71. The molecule has 0 radical (unpaired) electrons. The lowest BCUT2D eigenvalue weighted by Crippen LogP contribution is -2.56. The van der Waals surface area contributed by atoms with E-state index in [9.17, 15) is 14.4 Å². The Bertz CT molecular complexity index is 1040. The van der Waals surface area contributed by atoms with Crippen molar-refractivity contribution in [3.63, 3.8) is 0 Å². The van der Waals surface area contributed by atoms with E-state index in [0.29, 0.717) is 32.4 Å². The SMILES string of the molecule is C=C(C)CN1C(=O)NC(CC)(C2CCN(C(=O)Cn3cnc4ccccc43)CC2)C1=O. The Hall–Kier alpha value is -3.16. The summed E-state index contributed by atoms with van der Waals surface area (Å²) in [5.41, 5.74) is 1.69. The van der Waals surface area contributed by atoms with Crippen molar-refractivity contribution < 1.29 is 14.4 Å². The van der Waals surface area contributed by atoms with Crippen LogP contribution in [-0.2, 0) is 16.1 Å². The number of imide groups is 1. The van der Waals surface area contributed by atoms with Crippen LogP contribution in [0.3, 0.4) is 0 Å². The molecule has 8 nitrogen and oxygen atoms in total. The molecule has 0 bridgehead atoms. The van der Waals surface area contributed by atoms with Crippen molar-refractivity contribution in [1.82, 2.24) is 24.7 Å². The number of hydrogen-bond acceptors (Lipinski definition) is 4.